The molecule has 1 aliphatic heterocycles. The molecule has 0 aromatic heterocycles. The van der Waals surface area contributed by atoms with Crippen LogP contribution in [0.15, 0.2) is 18.2 Å². The van der Waals surface area contributed by atoms with Crippen LogP contribution in [0.3, 0.4) is 0 Å². The number of carbonyl (C=O) groups excluding carboxylic acids is 4. The third-order valence-electron chi connectivity index (χ3n) is 5.72. The summed E-state index contributed by atoms with van der Waals surface area (Å²) in [6.07, 6.45) is -1.98. The van der Waals surface area contributed by atoms with E-state index in [9.17, 15) is 19.2 Å². The second-order valence-corrected chi connectivity index (χ2v) is 12.8. The minimum Gasteiger partial charge on any atom is -0.465 e. The molecule has 1 fully saturated rings. The zero-order chi connectivity index (χ0) is 30.6. The van der Waals surface area contributed by atoms with Crippen molar-refractivity contribution in [2.75, 3.05) is 38.7 Å². The van der Waals surface area contributed by atoms with Gasteiger partial charge in [0, 0.05) is 19.6 Å². The SMILES string of the molecule is COC(=O)c1ccc(C2CCN(C)CCN2C(=O)OC(C)(C)C)cc1N(C(=O)OC(C)(C)C)C(=O)OC(C)(C)C. The number of ether oxygens (including phenoxy) is 4. The second-order valence-electron chi connectivity index (χ2n) is 12.8. The van der Waals surface area contributed by atoms with Gasteiger partial charge < -0.3 is 23.8 Å². The molecule has 1 heterocycles. The molecule has 1 unspecified atom stereocenters. The molecule has 2 rings (SSSR count). The third-order valence-corrected chi connectivity index (χ3v) is 5.72. The number of nitrogens with zero attached hydrogens (tertiary/aromatic N) is 3. The summed E-state index contributed by atoms with van der Waals surface area (Å²) in [4.78, 5) is 57.4. The summed E-state index contributed by atoms with van der Waals surface area (Å²) in [6, 6.07) is 4.23. The molecule has 1 atom stereocenters. The van der Waals surface area contributed by atoms with Gasteiger partial charge in [-0.3, -0.25) is 4.90 Å². The first-order valence-electron chi connectivity index (χ1n) is 13.4. The van der Waals surface area contributed by atoms with Gasteiger partial charge >= 0.3 is 24.2 Å². The number of imide groups is 1. The van der Waals surface area contributed by atoms with E-state index in [0.717, 1.165) is 0 Å². The van der Waals surface area contributed by atoms with Gasteiger partial charge in [0.15, 0.2) is 0 Å². The van der Waals surface area contributed by atoms with Crippen LogP contribution in [0.1, 0.15) is 90.7 Å². The van der Waals surface area contributed by atoms with Crippen LogP contribution >= 0.6 is 0 Å². The molecule has 1 aromatic rings. The number of benzene rings is 1. The van der Waals surface area contributed by atoms with Gasteiger partial charge in [0.1, 0.15) is 16.8 Å². The predicted octanol–water partition coefficient (Wildman–Crippen LogP) is 5.76. The number of rotatable bonds is 3. The van der Waals surface area contributed by atoms with Crippen LogP contribution in [0.25, 0.3) is 0 Å². The van der Waals surface area contributed by atoms with E-state index in [-0.39, 0.29) is 11.3 Å². The Balaban J connectivity index is 2.73. The molecule has 0 N–H and O–H groups in total. The largest absolute Gasteiger partial charge is 0.465 e. The van der Waals surface area contributed by atoms with E-state index in [0.29, 0.717) is 36.5 Å². The highest BCUT2D eigenvalue weighted by molar-refractivity contribution is 6.13. The normalized spacial score (nSPS) is 17.0. The topological polar surface area (TPSA) is 115 Å². The highest BCUT2D eigenvalue weighted by Gasteiger charge is 2.37. The summed E-state index contributed by atoms with van der Waals surface area (Å²) in [6.45, 7) is 17.1. The first-order chi connectivity index (χ1) is 18.2. The molecule has 1 aromatic carbocycles. The number of carbonyl (C=O) groups is 4. The quantitative estimate of drug-likeness (QED) is 0.334. The lowest BCUT2D eigenvalue weighted by molar-refractivity contribution is 0.0167. The fourth-order valence-electron chi connectivity index (χ4n) is 4.04. The Morgan fingerprint density at radius 3 is 1.80 bits per heavy atom. The maximum atomic E-state index is 13.4. The summed E-state index contributed by atoms with van der Waals surface area (Å²) < 4.78 is 21.7. The van der Waals surface area contributed by atoms with E-state index in [1.165, 1.54) is 19.2 Å². The van der Waals surface area contributed by atoms with Crippen molar-refractivity contribution >= 4 is 29.9 Å². The number of amides is 3. The zero-order valence-electron chi connectivity index (χ0n) is 25.7. The van der Waals surface area contributed by atoms with Gasteiger partial charge in [-0.1, -0.05) is 6.07 Å². The van der Waals surface area contributed by atoms with Gasteiger partial charge in [0.05, 0.1) is 24.4 Å². The average molecular weight is 564 g/mol. The van der Waals surface area contributed by atoms with E-state index < -0.39 is 47.1 Å². The molecule has 1 saturated heterocycles. The minimum atomic E-state index is -1.02. The summed E-state index contributed by atoms with van der Waals surface area (Å²) >= 11 is 0. The Kier molecular flexibility index (Phi) is 10.2. The fraction of sp³-hybridized carbons (Fsp3) is 0.655. The Bertz CT molecular complexity index is 1070. The van der Waals surface area contributed by atoms with E-state index in [2.05, 4.69) is 4.90 Å². The lowest BCUT2D eigenvalue weighted by Crippen LogP contribution is -2.44. The van der Waals surface area contributed by atoms with Crippen LogP contribution in [0.5, 0.6) is 0 Å². The Labute approximate surface area is 237 Å². The standard InChI is InChI=1S/C29H45N3O8/c1-27(2,3)38-24(34)31-17-16-30(10)15-14-21(31)19-12-13-20(23(33)37-11)22(18-19)32(25(35)39-28(4,5)6)26(36)40-29(7,8)9/h12-13,18,21H,14-17H2,1-11H3. The Morgan fingerprint density at radius 1 is 0.800 bits per heavy atom. The van der Waals surface area contributed by atoms with Crippen molar-refractivity contribution in [3.8, 4) is 0 Å². The van der Waals surface area contributed by atoms with Crippen LogP contribution in [0.2, 0.25) is 0 Å². The van der Waals surface area contributed by atoms with Gasteiger partial charge in [-0.2, -0.15) is 4.90 Å². The molecule has 0 radical (unpaired) electrons. The molecule has 11 nitrogen and oxygen atoms in total. The molecular formula is C29H45N3O8. The molecule has 1 aliphatic rings. The Hall–Kier alpha value is -3.34. The molecule has 40 heavy (non-hydrogen) atoms. The maximum absolute atomic E-state index is 13.4. The van der Waals surface area contributed by atoms with Gasteiger partial charge in [-0.15, -0.1) is 0 Å². The van der Waals surface area contributed by atoms with Crippen LogP contribution in [-0.4, -0.2) is 84.6 Å². The number of anilines is 1. The number of methoxy groups -OCH3 is 1. The molecular weight excluding hydrogens is 518 g/mol. The lowest BCUT2D eigenvalue weighted by atomic mass is 9.98. The molecule has 3 amide bonds. The lowest BCUT2D eigenvalue weighted by Gasteiger charge is -2.33. The fourth-order valence-corrected chi connectivity index (χ4v) is 4.04. The van der Waals surface area contributed by atoms with Gasteiger partial charge in [0.2, 0.25) is 0 Å². The van der Waals surface area contributed by atoms with E-state index in [1.54, 1.807) is 73.3 Å². The van der Waals surface area contributed by atoms with Crippen molar-refractivity contribution < 1.29 is 38.1 Å². The van der Waals surface area contributed by atoms with E-state index in [4.69, 9.17) is 18.9 Å². The Morgan fingerprint density at radius 2 is 1.32 bits per heavy atom. The minimum absolute atomic E-state index is 0.0440. The highest BCUT2D eigenvalue weighted by Crippen LogP contribution is 2.34. The van der Waals surface area contributed by atoms with Crippen molar-refractivity contribution in [1.82, 2.24) is 9.80 Å². The number of esters is 1. The first-order valence-corrected chi connectivity index (χ1v) is 13.4. The first kappa shape index (κ1) is 32.9. The molecule has 224 valence electrons. The van der Waals surface area contributed by atoms with E-state index in [1.807, 2.05) is 7.05 Å². The van der Waals surface area contributed by atoms with Crippen molar-refractivity contribution in [3.63, 3.8) is 0 Å². The number of hydrogen-bond donors (Lipinski definition) is 0. The second kappa shape index (κ2) is 12.4. The van der Waals surface area contributed by atoms with E-state index >= 15 is 0 Å². The summed E-state index contributed by atoms with van der Waals surface area (Å²) in [5.74, 6) is -0.761. The average Bonchev–Trinajstić information content (AvgIpc) is 2.96. The van der Waals surface area contributed by atoms with Gasteiger partial charge in [-0.05, 0) is 93.5 Å². The van der Waals surface area contributed by atoms with Crippen LogP contribution in [0, 0.1) is 0 Å². The summed E-state index contributed by atoms with van der Waals surface area (Å²) in [5.41, 5.74) is -2.11. The zero-order valence-corrected chi connectivity index (χ0v) is 25.7. The summed E-state index contributed by atoms with van der Waals surface area (Å²) in [7, 11) is 3.17. The number of hydrogen-bond acceptors (Lipinski definition) is 9. The summed E-state index contributed by atoms with van der Waals surface area (Å²) in [5, 5.41) is 0. The highest BCUT2D eigenvalue weighted by atomic mass is 16.6. The number of likely N-dealkylation sites (N-methyl/N-ethyl adjacent to an activating group) is 1. The molecule has 0 aliphatic carbocycles. The molecule has 0 saturated carbocycles. The van der Waals surface area contributed by atoms with Crippen LogP contribution in [0.4, 0.5) is 20.1 Å². The van der Waals surface area contributed by atoms with Crippen LogP contribution in [-0.2, 0) is 18.9 Å². The molecule has 0 bridgehead atoms. The van der Waals surface area contributed by atoms with Crippen LogP contribution < -0.4 is 4.90 Å². The van der Waals surface area contributed by atoms with Gasteiger partial charge in [0.25, 0.3) is 0 Å². The third kappa shape index (κ3) is 9.39. The maximum Gasteiger partial charge on any atom is 0.424 e. The van der Waals surface area contributed by atoms with Crippen molar-refractivity contribution in [2.24, 2.45) is 0 Å². The van der Waals surface area contributed by atoms with Crippen molar-refractivity contribution in [3.05, 3.63) is 29.3 Å². The smallest absolute Gasteiger partial charge is 0.424 e. The van der Waals surface area contributed by atoms with Crippen molar-refractivity contribution in [1.29, 1.82) is 0 Å². The van der Waals surface area contributed by atoms with Gasteiger partial charge in [-0.25, -0.2) is 19.2 Å². The molecule has 11 heteroatoms. The monoisotopic (exact) mass is 563 g/mol. The predicted molar refractivity (Wildman–Crippen MR) is 151 cm³/mol. The molecule has 0 spiro atoms. The van der Waals surface area contributed by atoms with Crippen molar-refractivity contribution in [2.45, 2.75) is 91.6 Å².